The van der Waals surface area contributed by atoms with Crippen LogP contribution < -0.4 is 0 Å². The Bertz CT molecular complexity index is 862. The van der Waals surface area contributed by atoms with Gasteiger partial charge in [-0.05, 0) is 42.5 Å². The summed E-state index contributed by atoms with van der Waals surface area (Å²) < 4.78 is 0. The first-order valence-corrected chi connectivity index (χ1v) is 8.82. The fraction of sp³-hybridized carbons (Fsp3) is 0.208. The summed E-state index contributed by atoms with van der Waals surface area (Å²) in [5, 5.41) is 0. The van der Waals surface area contributed by atoms with E-state index in [1.54, 1.807) is 6.92 Å². The Kier molecular flexibility index (Phi) is 4.85. The summed E-state index contributed by atoms with van der Waals surface area (Å²) in [7, 11) is 0. The largest absolute Gasteiger partial charge is 0.295 e. The van der Waals surface area contributed by atoms with Crippen molar-refractivity contribution in [3.8, 4) is 0 Å². The molecule has 126 valence electrons. The van der Waals surface area contributed by atoms with Gasteiger partial charge in [-0.15, -0.1) is 0 Å². The molecule has 0 saturated carbocycles. The standard InChI is InChI=1S/C24H24O/c1-4-19-9-8-12-23(17-19)24(3,21-10-6-5-7-11-21)22-15-13-20(14-16-22)18(2)25/h5-17H,4H2,1-3H3. The number of hydrogen-bond acceptors (Lipinski definition) is 1. The Morgan fingerprint density at radius 3 is 2.00 bits per heavy atom. The van der Waals surface area contributed by atoms with Gasteiger partial charge in [-0.3, -0.25) is 4.79 Å². The number of aryl methyl sites for hydroxylation is 1. The van der Waals surface area contributed by atoms with Gasteiger partial charge in [0.2, 0.25) is 0 Å². The zero-order chi connectivity index (χ0) is 17.9. The maximum atomic E-state index is 11.6. The van der Waals surface area contributed by atoms with Crippen LogP contribution in [0.1, 0.15) is 53.4 Å². The summed E-state index contributed by atoms with van der Waals surface area (Å²) >= 11 is 0. The highest BCUT2D eigenvalue weighted by molar-refractivity contribution is 5.94. The molecular weight excluding hydrogens is 304 g/mol. The van der Waals surface area contributed by atoms with Crippen molar-refractivity contribution in [1.29, 1.82) is 0 Å². The van der Waals surface area contributed by atoms with E-state index < -0.39 is 0 Å². The fourth-order valence-electron chi connectivity index (χ4n) is 3.41. The first kappa shape index (κ1) is 17.2. The van der Waals surface area contributed by atoms with Crippen LogP contribution in [0.5, 0.6) is 0 Å². The molecular formula is C24H24O. The Hall–Kier alpha value is -2.67. The summed E-state index contributed by atoms with van der Waals surface area (Å²) in [5.74, 6) is 0.0981. The van der Waals surface area contributed by atoms with Crippen LogP contribution in [0.2, 0.25) is 0 Å². The molecule has 1 nitrogen and oxygen atoms in total. The maximum absolute atomic E-state index is 11.6. The fourth-order valence-corrected chi connectivity index (χ4v) is 3.41. The van der Waals surface area contributed by atoms with Crippen LogP contribution in [0.4, 0.5) is 0 Å². The number of carbonyl (C=O) groups excluding carboxylic acids is 1. The van der Waals surface area contributed by atoms with Gasteiger partial charge in [0.15, 0.2) is 5.78 Å². The van der Waals surface area contributed by atoms with E-state index in [4.69, 9.17) is 0 Å². The molecule has 0 N–H and O–H groups in total. The average molecular weight is 328 g/mol. The second-order valence-electron chi connectivity index (χ2n) is 6.68. The lowest BCUT2D eigenvalue weighted by atomic mass is 9.70. The normalized spacial score (nSPS) is 13.2. The van der Waals surface area contributed by atoms with Gasteiger partial charge in [-0.1, -0.05) is 85.8 Å². The predicted molar refractivity (Wildman–Crippen MR) is 104 cm³/mol. The van der Waals surface area contributed by atoms with Crippen molar-refractivity contribution in [3.63, 3.8) is 0 Å². The quantitative estimate of drug-likeness (QED) is 0.427. The van der Waals surface area contributed by atoms with Crippen LogP contribution in [-0.2, 0) is 11.8 Å². The number of ketones is 1. The van der Waals surface area contributed by atoms with Crippen molar-refractivity contribution in [1.82, 2.24) is 0 Å². The summed E-state index contributed by atoms with van der Waals surface area (Å²) in [6, 6.07) is 27.4. The summed E-state index contributed by atoms with van der Waals surface area (Å²) in [4.78, 5) is 11.6. The second-order valence-corrected chi connectivity index (χ2v) is 6.68. The van der Waals surface area contributed by atoms with E-state index in [0.29, 0.717) is 0 Å². The van der Waals surface area contributed by atoms with Crippen LogP contribution in [0.3, 0.4) is 0 Å². The smallest absolute Gasteiger partial charge is 0.159 e. The molecule has 0 spiro atoms. The minimum absolute atomic E-state index is 0.0981. The molecule has 0 aliphatic rings. The first-order valence-electron chi connectivity index (χ1n) is 8.82. The molecule has 0 aromatic heterocycles. The van der Waals surface area contributed by atoms with Crippen LogP contribution >= 0.6 is 0 Å². The van der Waals surface area contributed by atoms with Crippen LogP contribution in [-0.4, -0.2) is 5.78 Å². The summed E-state index contributed by atoms with van der Waals surface area (Å²) in [6.07, 6.45) is 1.02. The van der Waals surface area contributed by atoms with Crippen LogP contribution in [0.25, 0.3) is 0 Å². The van der Waals surface area contributed by atoms with E-state index in [0.717, 1.165) is 12.0 Å². The SMILES string of the molecule is CCc1cccc(C(C)(c2ccccc2)c2ccc(C(C)=O)cc2)c1. The molecule has 0 aliphatic heterocycles. The van der Waals surface area contributed by atoms with Gasteiger partial charge in [0.05, 0.1) is 0 Å². The third-order valence-electron chi connectivity index (χ3n) is 5.13. The lowest BCUT2D eigenvalue weighted by Gasteiger charge is -2.32. The van der Waals surface area contributed by atoms with Gasteiger partial charge in [0.25, 0.3) is 0 Å². The average Bonchev–Trinajstić information content (AvgIpc) is 2.68. The van der Waals surface area contributed by atoms with Crippen molar-refractivity contribution >= 4 is 5.78 Å². The highest BCUT2D eigenvalue weighted by atomic mass is 16.1. The first-order chi connectivity index (χ1) is 12.1. The molecule has 1 heteroatoms. The van der Waals surface area contributed by atoms with Crippen LogP contribution in [0.15, 0.2) is 78.9 Å². The zero-order valence-electron chi connectivity index (χ0n) is 15.1. The van der Waals surface area contributed by atoms with Gasteiger partial charge in [-0.2, -0.15) is 0 Å². The van der Waals surface area contributed by atoms with Crippen LogP contribution in [0, 0.1) is 0 Å². The van der Waals surface area contributed by atoms with E-state index in [1.807, 2.05) is 18.2 Å². The highest BCUT2D eigenvalue weighted by Crippen LogP contribution is 2.39. The number of hydrogen-bond donors (Lipinski definition) is 0. The van der Waals surface area contributed by atoms with Gasteiger partial charge >= 0.3 is 0 Å². The van der Waals surface area contributed by atoms with E-state index in [-0.39, 0.29) is 11.2 Å². The summed E-state index contributed by atoms with van der Waals surface area (Å²) in [5.41, 5.74) is 5.53. The number of Topliss-reactive ketones (excluding diaryl/α,β-unsaturated/α-hetero) is 1. The van der Waals surface area contributed by atoms with Gasteiger partial charge in [0.1, 0.15) is 0 Å². The van der Waals surface area contributed by atoms with E-state index in [1.165, 1.54) is 22.3 Å². The van der Waals surface area contributed by atoms with Gasteiger partial charge in [0, 0.05) is 11.0 Å². The topological polar surface area (TPSA) is 17.1 Å². The molecule has 0 heterocycles. The molecule has 0 fully saturated rings. The van der Waals surface area contributed by atoms with E-state index in [9.17, 15) is 4.79 Å². The van der Waals surface area contributed by atoms with Crippen molar-refractivity contribution < 1.29 is 4.79 Å². The minimum Gasteiger partial charge on any atom is -0.295 e. The highest BCUT2D eigenvalue weighted by Gasteiger charge is 2.31. The Labute approximate surface area is 150 Å². The molecule has 1 unspecified atom stereocenters. The molecule has 0 radical (unpaired) electrons. The molecule has 25 heavy (non-hydrogen) atoms. The zero-order valence-corrected chi connectivity index (χ0v) is 15.1. The lowest BCUT2D eigenvalue weighted by Crippen LogP contribution is -2.25. The molecule has 0 aliphatic carbocycles. The van der Waals surface area contributed by atoms with Crippen molar-refractivity contribution in [2.45, 2.75) is 32.6 Å². The molecule has 0 saturated heterocycles. The monoisotopic (exact) mass is 328 g/mol. The van der Waals surface area contributed by atoms with Gasteiger partial charge < -0.3 is 0 Å². The number of carbonyl (C=O) groups is 1. The van der Waals surface area contributed by atoms with E-state index >= 15 is 0 Å². The second kappa shape index (κ2) is 7.06. The van der Waals surface area contributed by atoms with E-state index in [2.05, 4.69) is 74.5 Å². The molecule has 0 bridgehead atoms. The van der Waals surface area contributed by atoms with Crippen molar-refractivity contribution in [2.24, 2.45) is 0 Å². The molecule has 3 rings (SSSR count). The lowest BCUT2D eigenvalue weighted by molar-refractivity contribution is 0.101. The third kappa shape index (κ3) is 3.28. The summed E-state index contributed by atoms with van der Waals surface area (Å²) in [6.45, 7) is 6.05. The van der Waals surface area contributed by atoms with Gasteiger partial charge in [-0.25, -0.2) is 0 Å². The van der Waals surface area contributed by atoms with Crippen molar-refractivity contribution in [2.75, 3.05) is 0 Å². The number of benzene rings is 3. The third-order valence-corrected chi connectivity index (χ3v) is 5.13. The Morgan fingerprint density at radius 1 is 0.800 bits per heavy atom. The number of rotatable bonds is 5. The molecule has 3 aromatic rings. The Balaban J connectivity index is 2.20. The maximum Gasteiger partial charge on any atom is 0.159 e. The Morgan fingerprint density at radius 2 is 1.40 bits per heavy atom. The minimum atomic E-state index is -0.262. The molecule has 3 aromatic carbocycles. The van der Waals surface area contributed by atoms with Crippen molar-refractivity contribution in [3.05, 3.63) is 107 Å². The predicted octanol–water partition coefficient (Wildman–Crippen LogP) is 5.81. The molecule has 1 atom stereocenters. The molecule has 0 amide bonds.